The van der Waals surface area contributed by atoms with Gasteiger partial charge in [-0.15, -0.1) is 0 Å². The maximum absolute atomic E-state index is 16.5. The van der Waals surface area contributed by atoms with Crippen LogP contribution in [0.3, 0.4) is 0 Å². The van der Waals surface area contributed by atoms with Crippen LogP contribution < -0.4 is 0 Å². The van der Waals surface area contributed by atoms with Gasteiger partial charge in [-0.05, 0) is 209 Å². The van der Waals surface area contributed by atoms with Gasteiger partial charge in [0, 0.05) is 12.3 Å². The average molecular weight is 1620 g/mol. The fourth-order valence-corrected chi connectivity index (χ4v) is 20.0. The Morgan fingerprint density at radius 2 is 0.723 bits per heavy atom. The first-order chi connectivity index (χ1) is 57.3. The average Bonchev–Trinajstić information content (AvgIpc) is 1.62. The fraction of sp³-hybridized carbons (Fsp3) is 0.398. The summed E-state index contributed by atoms with van der Waals surface area (Å²) in [6.45, 7) is 16.1. The van der Waals surface area contributed by atoms with Crippen LogP contribution in [0.1, 0.15) is 196 Å². The molecule has 4 aliphatic carbocycles. The topological polar surface area (TPSA) is 264 Å². The Balaban J connectivity index is 0.795. The lowest BCUT2D eigenvalue weighted by molar-refractivity contribution is -0.332. The van der Waals surface area contributed by atoms with Gasteiger partial charge in [0.1, 0.15) is 31.2 Å². The number of Topliss-reactive ketones (excluding diaryl/α,β-unsaturated/α-hetero) is 1. The van der Waals surface area contributed by atoms with Gasteiger partial charge in [0.2, 0.25) is 0 Å². The first kappa shape index (κ1) is 84.2. The van der Waals surface area contributed by atoms with E-state index < -0.39 is 168 Å². The molecule has 0 spiro atoms. The van der Waals surface area contributed by atoms with Crippen molar-refractivity contribution >= 4 is 53.5 Å². The Morgan fingerprint density at radius 3 is 1.09 bits per heavy atom. The van der Waals surface area contributed by atoms with Crippen molar-refractivity contribution in [1.29, 1.82) is 0 Å². The molecule has 0 amide bonds. The van der Waals surface area contributed by atoms with E-state index in [2.05, 4.69) is 40.7 Å². The summed E-state index contributed by atoms with van der Waals surface area (Å²) in [5.74, 6) is -7.85. The van der Waals surface area contributed by atoms with Crippen molar-refractivity contribution in [3.63, 3.8) is 0 Å². The lowest BCUT2D eigenvalue weighted by atomic mass is 9.35. The predicted molar refractivity (Wildman–Crippen MR) is 437 cm³/mol. The van der Waals surface area contributed by atoms with E-state index in [4.69, 9.17) is 56.8 Å². The summed E-state index contributed by atoms with van der Waals surface area (Å²) >= 11 is 0. The van der Waals surface area contributed by atoms with E-state index >= 15 is 4.79 Å². The Morgan fingerprint density at radius 1 is 0.395 bits per heavy atom. The minimum absolute atomic E-state index is 0.0636. The Hall–Kier alpha value is -11.2. The van der Waals surface area contributed by atoms with Crippen LogP contribution in [-0.4, -0.2) is 140 Å². The molecule has 21 heteroatoms. The number of ether oxygens (including phenoxy) is 12. The molecule has 0 unspecified atom stereocenters. The quantitative estimate of drug-likeness (QED) is 0.0211. The normalized spacial score (nSPS) is 29.0. The first-order valence-corrected chi connectivity index (χ1v) is 41.1. The first-order valence-electron chi connectivity index (χ1n) is 41.1. The van der Waals surface area contributed by atoms with E-state index in [1.54, 1.807) is 243 Å². The van der Waals surface area contributed by atoms with E-state index in [-0.39, 0.29) is 68.5 Å². The number of ketones is 1. The molecule has 21 nitrogen and oxygen atoms in total. The molecule has 14 rings (SSSR count). The Labute approximate surface area is 693 Å². The summed E-state index contributed by atoms with van der Waals surface area (Å²) < 4.78 is 80.4. The van der Waals surface area contributed by atoms with Crippen LogP contribution in [0.2, 0.25) is 0 Å². The van der Waals surface area contributed by atoms with Crippen molar-refractivity contribution in [2.45, 2.75) is 186 Å². The maximum Gasteiger partial charge on any atom is 0.338 e. The molecule has 119 heavy (non-hydrogen) atoms. The molecule has 0 N–H and O–H groups in total. The van der Waals surface area contributed by atoms with Crippen LogP contribution in [0.25, 0.3) is 0 Å². The van der Waals surface area contributed by atoms with Crippen LogP contribution in [0, 0.1) is 45.3 Å². The molecular weight excluding hydrogens is 1510 g/mol. The van der Waals surface area contributed by atoms with Gasteiger partial charge in [-0.2, -0.15) is 0 Å². The number of rotatable bonds is 26. The smallest absolute Gasteiger partial charge is 0.338 e. The lowest BCUT2D eigenvalue weighted by Crippen LogP contribution is -2.67. The summed E-state index contributed by atoms with van der Waals surface area (Å²) in [4.78, 5) is 133. The standard InChI is InChI=1S/C98H102O21/c1-61(2)34-33-54-98(8,119-93-83(118-91(107)69-49-31-16-32-50-69)81(116-89(105)67-45-27-14-28-46-67)79(114-87(103)65-41-23-12-24-42-65)73(111-93)60-109-85(101)63-37-19-10-20-38-63)70-51-56-97(7)77(70)71(99)58-75-95(5)55-53-76(94(3,4)74(95)52-57-96(75,97)6)112-92-82(117-90(106)68-47-29-15-30-48-68)80(115-88(104)66-43-25-13-26-44-66)78(113-86(102)64-39-21-11-22-40-64)72(110-92)59-108-84(100)62-35-17-9-18-36-62/h9-32,34-50,70,72-83,92-93H,33,51-60H2,1-8H3/t70-,72+,73+,74-,75+,76-,77-,78+,79+,80-,81-,82+,83+,92-,93-,95-,96+,97+,98-/m0/s1. The number of benzene rings is 8. The molecule has 4 saturated carbocycles. The maximum atomic E-state index is 16.5. The molecule has 8 aromatic carbocycles. The molecule has 0 aromatic heterocycles. The number of carbonyl (C=O) groups excluding carboxylic acids is 9. The molecule has 0 bridgehead atoms. The van der Waals surface area contributed by atoms with Crippen LogP contribution >= 0.6 is 0 Å². The summed E-state index contributed by atoms with van der Waals surface area (Å²) in [7, 11) is 0. The van der Waals surface area contributed by atoms with Crippen LogP contribution in [-0.2, 0) is 61.6 Å². The van der Waals surface area contributed by atoms with Crippen molar-refractivity contribution in [1.82, 2.24) is 0 Å². The number of hydrogen-bond acceptors (Lipinski definition) is 21. The zero-order valence-electron chi connectivity index (χ0n) is 68.2. The van der Waals surface area contributed by atoms with E-state index in [1.807, 2.05) is 20.8 Å². The van der Waals surface area contributed by atoms with Crippen LogP contribution in [0.15, 0.2) is 254 Å². The molecular formula is C98H102O21. The molecule has 2 aliphatic heterocycles. The largest absolute Gasteiger partial charge is 0.459 e. The lowest BCUT2D eigenvalue weighted by Gasteiger charge is -2.69. The predicted octanol–water partition coefficient (Wildman–Crippen LogP) is 17.3. The fourth-order valence-electron chi connectivity index (χ4n) is 20.0. The van der Waals surface area contributed by atoms with Crippen molar-refractivity contribution in [2.75, 3.05) is 13.2 Å². The molecule has 2 heterocycles. The third kappa shape index (κ3) is 17.9. The van der Waals surface area contributed by atoms with Gasteiger partial charge in [0.25, 0.3) is 0 Å². The molecule has 0 radical (unpaired) electrons. The van der Waals surface area contributed by atoms with Crippen molar-refractivity contribution in [3.8, 4) is 0 Å². The van der Waals surface area contributed by atoms with E-state index in [9.17, 15) is 38.4 Å². The molecule has 2 saturated heterocycles. The highest BCUT2D eigenvalue weighted by molar-refractivity contribution is 5.94. The summed E-state index contributed by atoms with van der Waals surface area (Å²) in [5, 5.41) is 0. The number of fused-ring (bicyclic) bond motifs is 5. The second-order valence-electron chi connectivity index (χ2n) is 33.9. The zero-order valence-corrected chi connectivity index (χ0v) is 68.2. The van der Waals surface area contributed by atoms with E-state index in [1.165, 1.54) is 0 Å². The number of carbonyl (C=O) groups is 9. The monoisotopic (exact) mass is 1610 g/mol. The second kappa shape index (κ2) is 36.2. The van der Waals surface area contributed by atoms with Crippen molar-refractivity contribution in [2.24, 2.45) is 45.3 Å². The van der Waals surface area contributed by atoms with Crippen molar-refractivity contribution < 1.29 is 100.0 Å². The molecule has 19 atom stereocenters. The minimum atomic E-state index is -1.71. The highest BCUT2D eigenvalue weighted by atomic mass is 16.8. The number of hydrogen-bond donors (Lipinski definition) is 0. The van der Waals surface area contributed by atoms with Gasteiger partial charge in [-0.3, -0.25) is 4.79 Å². The van der Waals surface area contributed by atoms with Gasteiger partial charge >= 0.3 is 47.8 Å². The van der Waals surface area contributed by atoms with E-state index in [0.29, 0.717) is 51.4 Å². The molecule has 6 fully saturated rings. The minimum Gasteiger partial charge on any atom is -0.459 e. The van der Waals surface area contributed by atoms with Crippen LogP contribution in [0.4, 0.5) is 0 Å². The summed E-state index contributed by atoms with van der Waals surface area (Å²) in [6, 6.07) is 65.8. The zero-order chi connectivity index (χ0) is 83.8. The third-order valence-corrected chi connectivity index (χ3v) is 26.2. The highest BCUT2D eigenvalue weighted by Crippen LogP contribution is 2.76. The molecule has 8 aromatic rings. The van der Waals surface area contributed by atoms with Gasteiger partial charge < -0.3 is 56.8 Å². The van der Waals surface area contributed by atoms with Gasteiger partial charge in [0.15, 0.2) is 49.2 Å². The molecule has 6 aliphatic rings. The second-order valence-corrected chi connectivity index (χ2v) is 33.9. The SMILES string of the molecule is CC(C)=CCC[C@](C)(O[C@@H]1O[C@H](COC(=O)c2ccccc2)[C@@H](OC(=O)c2ccccc2)[C@H](OC(=O)c2ccccc2)[C@H]1OC(=O)c1ccccc1)[C@H]1CC[C@]2(C)[C@@H]1C(=O)C[C@@H]1[C@@]3(C)CC[C@H](O[C@@H]4O[C@H](COC(=O)c5ccccc5)[C@@H](OC(=O)c5ccccc5)[C@H](OC(=O)c5ccccc5)[C@H]4OC(=O)c4ccccc4)C(C)(C)[C@@H]3CC[C@]12C. The summed E-state index contributed by atoms with van der Waals surface area (Å²) in [6.07, 6.45) is -10.1. The van der Waals surface area contributed by atoms with Crippen molar-refractivity contribution in [3.05, 3.63) is 299 Å². The highest BCUT2D eigenvalue weighted by Gasteiger charge is 2.73. The van der Waals surface area contributed by atoms with Gasteiger partial charge in [0.05, 0.1) is 56.2 Å². The van der Waals surface area contributed by atoms with Crippen LogP contribution in [0.5, 0.6) is 0 Å². The van der Waals surface area contributed by atoms with E-state index in [0.717, 1.165) is 5.57 Å². The van der Waals surface area contributed by atoms with Gasteiger partial charge in [-0.1, -0.05) is 192 Å². The third-order valence-electron chi connectivity index (χ3n) is 26.2. The Kier molecular flexibility index (Phi) is 25.6. The molecule has 620 valence electrons. The number of esters is 8. The number of allylic oxidation sites excluding steroid dienone is 2. The summed E-state index contributed by atoms with van der Waals surface area (Å²) in [5.41, 5.74) is -1.41. The Bertz CT molecular complexity index is 4930. The van der Waals surface area contributed by atoms with Gasteiger partial charge in [-0.25, -0.2) is 38.4 Å².